The van der Waals surface area contributed by atoms with Crippen molar-refractivity contribution in [3.8, 4) is 28.1 Å². The monoisotopic (exact) mass is 288 g/mol. The molecule has 2 rings (SSSR count). The smallest absolute Gasteiger partial charge is 0.161 e. The number of aromatic nitrogens is 1. The zero-order chi connectivity index (χ0) is 14.5. The molecular formula is C15H16N2O2S. The number of aryl methyl sites for hydroxylation is 1. The average Bonchev–Trinajstić information content (AvgIpc) is 2.85. The van der Waals surface area contributed by atoms with Crippen molar-refractivity contribution in [3.63, 3.8) is 0 Å². The van der Waals surface area contributed by atoms with Gasteiger partial charge in [-0.2, -0.15) is 5.26 Å². The first-order valence-corrected chi connectivity index (χ1v) is 7.20. The topological polar surface area (TPSA) is 55.1 Å². The molecule has 2 aromatic rings. The van der Waals surface area contributed by atoms with E-state index in [1.165, 1.54) is 11.3 Å². The van der Waals surface area contributed by atoms with Crippen LogP contribution in [-0.4, -0.2) is 18.7 Å². The molecule has 4 nitrogen and oxygen atoms in total. The molecule has 0 aliphatic heterocycles. The first-order valence-electron chi connectivity index (χ1n) is 6.38. The molecule has 0 aliphatic carbocycles. The Bertz CT molecular complexity index is 644. The van der Waals surface area contributed by atoms with Gasteiger partial charge in [0.25, 0.3) is 0 Å². The van der Waals surface area contributed by atoms with Crippen molar-refractivity contribution in [2.45, 2.75) is 20.3 Å². The molecular weight excluding hydrogens is 272 g/mol. The summed E-state index contributed by atoms with van der Waals surface area (Å²) in [5, 5.41) is 9.83. The highest BCUT2D eigenvalue weighted by atomic mass is 32.1. The first kappa shape index (κ1) is 14.4. The van der Waals surface area contributed by atoms with E-state index in [4.69, 9.17) is 14.7 Å². The summed E-state index contributed by atoms with van der Waals surface area (Å²) < 4.78 is 11.0. The summed E-state index contributed by atoms with van der Waals surface area (Å²) in [5.74, 6) is 1.41. The molecule has 0 fully saturated rings. The number of thiazole rings is 1. The lowest BCUT2D eigenvalue weighted by molar-refractivity contribution is 0.294. The van der Waals surface area contributed by atoms with Crippen LogP contribution in [0.1, 0.15) is 23.9 Å². The summed E-state index contributed by atoms with van der Waals surface area (Å²) >= 11 is 1.39. The molecule has 0 N–H and O–H groups in total. The van der Waals surface area contributed by atoms with Crippen molar-refractivity contribution in [1.82, 2.24) is 4.98 Å². The Balaban J connectivity index is 2.39. The fourth-order valence-corrected chi connectivity index (χ4v) is 2.62. The molecule has 0 saturated carbocycles. The summed E-state index contributed by atoms with van der Waals surface area (Å²) in [5.41, 5.74) is 1.70. The molecule has 0 spiro atoms. The number of methoxy groups -OCH3 is 1. The van der Waals surface area contributed by atoms with Gasteiger partial charge >= 0.3 is 0 Å². The van der Waals surface area contributed by atoms with E-state index < -0.39 is 0 Å². The van der Waals surface area contributed by atoms with Gasteiger partial charge in [0.15, 0.2) is 11.5 Å². The quantitative estimate of drug-likeness (QED) is 0.840. The maximum Gasteiger partial charge on any atom is 0.161 e. The number of nitrogens with zero attached hydrogens (tertiary/aromatic N) is 2. The molecule has 0 amide bonds. The van der Waals surface area contributed by atoms with Gasteiger partial charge in [-0.05, 0) is 31.5 Å². The van der Waals surface area contributed by atoms with Crippen LogP contribution in [0.15, 0.2) is 18.2 Å². The molecule has 1 aromatic heterocycles. The van der Waals surface area contributed by atoms with Gasteiger partial charge in [-0.25, -0.2) is 4.98 Å². The van der Waals surface area contributed by atoms with Crippen LogP contribution in [0.25, 0.3) is 10.6 Å². The summed E-state index contributed by atoms with van der Waals surface area (Å²) in [7, 11) is 1.62. The molecule has 104 valence electrons. The molecule has 0 saturated heterocycles. The van der Waals surface area contributed by atoms with Gasteiger partial charge in [-0.3, -0.25) is 0 Å². The molecule has 0 atom stereocenters. The zero-order valence-electron chi connectivity index (χ0n) is 11.8. The number of benzene rings is 1. The predicted octanol–water partition coefficient (Wildman–Crippen LogP) is 3.79. The van der Waals surface area contributed by atoms with Crippen molar-refractivity contribution in [3.05, 3.63) is 28.8 Å². The second-order valence-electron chi connectivity index (χ2n) is 4.26. The van der Waals surface area contributed by atoms with E-state index in [0.717, 1.165) is 22.7 Å². The van der Waals surface area contributed by atoms with Gasteiger partial charge in [-0.15, -0.1) is 11.3 Å². The van der Waals surface area contributed by atoms with E-state index in [0.29, 0.717) is 23.0 Å². The Kier molecular flexibility index (Phi) is 4.59. The fraction of sp³-hybridized carbons (Fsp3) is 0.333. The number of hydrogen-bond donors (Lipinski definition) is 0. The maximum atomic E-state index is 9.01. The summed E-state index contributed by atoms with van der Waals surface area (Å²) in [6, 6.07) is 7.86. The van der Waals surface area contributed by atoms with Gasteiger partial charge in [0.1, 0.15) is 16.0 Å². The van der Waals surface area contributed by atoms with Gasteiger partial charge in [-0.1, -0.05) is 6.92 Å². The Labute approximate surface area is 122 Å². The predicted molar refractivity (Wildman–Crippen MR) is 79.3 cm³/mol. The molecule has 0 aliphatic rings. The van der Waals surface area contributed by atoms with Gasteiger partial charge < -0.3 is 9.47 Å². The summed E-state index contributed by atoms with van der Waals surface area (Å²) in [4.78, 5) is 5.07. The van der Waals surface area contributed by atoms with Crippen molar-refractivity contribution >= 4 is 11.3 Å². The van der Waals surface area contributed by atoms with Crippen LogP contribution >= 0.6 is 11.3 Å². The second-order valence-corrected chi connectivity index (χ2v) is 5.26. The lowest BCUT2D eigenvalue weighted by Crippen LogP contribution is -1.98. The second kappa shape index (κ2) is 6.40. The molecule has 0 unspecified atom stereocenters. The summed E-state index contributed by atoms with van der Waals surface area (Å²) in [6.45, 7) is 4.54. The van der Waals surface area contributed by atoms with Crippen LogP contribution < -0.4 is 9.47 Å². The number of ether oxygens (including phenoxy) is 2. The van der Waals surface area contributed by atoms with E-state index >= 15 is 0 Å². The minimum Gasteiger partial charge on any atom is -0.493 e. The van der Waals surface area contributed by atoms with Crippen LogP contribution in [0, 0.1) is 18.3 Å². The maximum absolute atomic E-state index is 9.01. The van der Waals surface area contributed by atoms with Crippen LogP contribution in [0.5, 0.6) is 11.5 Å². The minimum absolute atomic E-state index is 0.639. The largest absolute Gasteiger partial charge is 0.493 e. The van der Waals surface area contributed by atoms with E-state index in [-0.39, 0.29) is 0 Å². The third kappa shape index (κ3) is 2.91. The molecule has 0 radical (unpaired) electrons. The number of rotatable bonds is 5. The first-order chi connectivity index (χ1) is 9.69. The van der Waals surface area contributed by atoms with E-state index in [9.17, 15) is 0 Å². The van der Waals surface area contributed by atoms with Crippen molar-refractivity contribution < 1.29 is 9.47 Å². The molecule has 0 bridgehead atoms. The zero-order valence-corrected chi connectivity index (χ0v) is 12.6. The normalized spacial score (nSPS) is 10.1. The lowest BCUT2D eigenvalue weighted by atomic mass is 10.2. The Morgan fingerprint density at radius 1 is 1.35 bits per heavy atom. The van der Waals surface area contributed by atoms with Gasteiger partial charge in [0.2, 0.25) is 0 Å². The van der Waals surface area contributed by atoms with Crippen LogP contribution in [0.2, 0.25) is 0 Å². The van der Waals surface area contributed by atoms with Crippen LogP contribution in [0.4, 0.5) is 0 Å². The van der Waals surface area contributed by atoms with Crippen molar-refractivity contribution in [2.75, 3.05) is 13.7 Å². The van der Waals surface area contributed by atoms with Crippen LogP contribution in [0.3, 0.4) is 0 Å². The third-order valence-electron chi connectivity index (χ3n) is 2.77. The van der Waals surface area contributed by atoms with Gasteiger partial charge in [0.05, 0.1) is 19.4 Å². The minimum atomic E-state index is 0.639. The van der Waals surface area contributed by atoms with Crippen molar-refractivity contribution in [2.24, 2.45) is 0 Å². The average molecular weight is 288 g/mol. The molecule has 20 heavy (non-hydrogen) atoms. The van der Waals surface area contributed by atoms with E-state index in [1.807, 2.05) is 25.1 Å². The SMILES string of the molecule is CCCOc1cc(-c2nc(C)c(C#N)s2)ccc1OC. The number of nitriles is 1. The highest BCUT2D eigenvalue weighted by Crippen LogP contribution is 2.35. The van der Waals surface area contributed by atoms with Crippen molar-refractivity contribution in [1.29, 1.82) is 5.26 Å². The molecule has 5 heteroatoms. The van der Waals surface area contributed by atoms with E-state index in [2.05, 4.69) is 18.0 Å². The molecule has 1 aromatic carbocycles. The van der Waals surface area contributed by atoms with Crippen LogP contribution in [-0.2, 0) is 0 Å². The highest BCUT2D eigenvalue weighted by molar-refractivity contribution is 7.15. The Morgan fingerprint density at radius 3 is 2.75 bits per heavy atom. The Hall–Kier alpha value is -2.06. The van der Waals surface area contributed by atoms with E-state index in [1.54, 1.807) is 7.11 Å². The highest BCUT2D eigenvalue weighted by Gasteiger charge is 2.12. The third-order valence-corrected chi connectivity index (χ3v) is 3.88. The Morgan fingerprint density at radius 2 is 2.15 bits per heavy atom. The lowest BCUT2D eigenvalue weighted by Gasteiger charge is -2.10. The summed E-state index contributed by atoms with van der Waals surface area (Å²) in [6.07, 6.45) is 0.933. The van der Waals surface area contributed by atoms with Gasteiger partial charge in [0, 0.05) is 5.56 Å². The standard InChI is InChI=1S/C15H16N2O2S/c1-4-7-19-13-8-11(5-6-12(13)18-3)15-17-10(2)14(9-16)20-15/h5-6,8H,4,7H2,1-3H3. The number of hydrogen-bond acceptors (Lipinski definition) is 5. The molecule has 1 heterocycles. The fourth-order valence-electron chi connectivity index (χ4n) is 1.76.